The molecule has 0 aliphatic carbocycles. The SMILES string of the molecule is O=S(=O)(O)C1NCc2ccccc21. The molecule has 1 aromatic rings. The van der Waals surface area contributed by atoms with Gasteiger partial charge in [0.05, 0.1) is 0 Å². The van der Waals surface area contributed by atoms with Gasteiger partial charge in [-0.25, -0.2) is 0 Å². The Bertz CT molecular complexity index is 427. The van der Waals surface area contributed by atoms with Gasteiger partial charge in [0.2, 0.25) is 0 Å². The molecule has 1 aliphatic heterocycles. The third kappa shape index (κ3) is 1.46. The van der Waals surface area contributed by atoms with Gasteiger partial charge in [0.15, 0.2) is 5.37 Å². The molecule has 1 heterocycles. The molecule has 0 spiro atoms. The van der Waals surface area contributed by atoms with Gasteiger partial charge >= 0.3 is 0 Å². The van der Waals surface area contributed by atoms with Gasteiger partial charge < -0.3 is 0 Å². The minimum Gasteiger partial charge on any atom is -0.291 e. The molecule has 0 amide bonds. The van der Waals surface area contributed by atoms with Crippen LogP contribution >= 0.6 is 0 Å². The van der Waals surface area contributed by atoms with Crippen molar-refractivity contribution in [2.45, 2.75) is 11.9 Å². The van der Waals surface area contributed by atoms with Gasteiger partial charge in [-0.2, -0.15) is 8.42 Å². The van der Waals surface area contributed by atoms with E-state index in [1.165, 1.54) is 0 Å². The summed E-state index contributed by atoms with van der Waals surface area (Å²) in [5, 5.41) is 1.77. The summed E-state index contributed by atoms with van der Waals surface area (Å²) in [4.78, 5) is 0. The molecule has 0 fully saturated rings. The molecule has 0 bridgehead atoms. The molecule has 0 saturated heterocycles. The van der Waals surface area contributed by atoms with Crippen LogP contribution in [0.25, 0.3) is 0 Å². The fourth-order valence-electron chi connectivity index (χ4n) is 1.53. The Kier molecular flexibility index (Phi) is 1.87. The van der Waals surface area contributed by atoms with Gasteiger partial charge in [0, 0.05) is 6.54 Å². The fraction of sp³-hybridized carbons (Fsp3) is 0.250. The third-order valence-electron chi connectivity index (χ3n) is 2.11. The van der Waals surface area contributed by atoms with Crippen LogP contribution in [0.5, 0.6) is 0 Å². The maximum Gasteiger partial charge on any atom is 0.285 e. The van der Waals surface area contributed by atoms with Crippen molar-refractivity contribution in [2.75, 3.05) is 0 Å². The summed E-state index contributed by atoms with van der Waals surface area (Å²) in [6.07, 6.45) is 0. The highest BCUT2D eigenvalue weighted by atomic mass is 32.2. The van der Waals surface area contributed by atoms with Crippen molar-refractivity contribution < 1.29 is 13.0 Å². The van der Waals surface area contributed by atoms with Crippen molar-refractivity contribution >= 4 is 10.1 Å². The summed E-state index contributed by atoms with van der Waals surface area (Å²) in [7, 11) is -4.03. The summed E-state index contributed by atoms with van der Waals surface area (Å²) < 4.78 is 30.7. The predicted octanol–water partition coefficient (Wildman–Crippen LogP) is 0.676. The fourth-order valence-corrected chi connectivity index (χ4v) is 2.37. The lowest BCUT2D eigenvalue weighted by Crippen LogP contribution is -2.21. The first kappa shape index (κ1) is 8.68. The van der Waals surface area contributed by atoms with E-state index in [9.17, 15) is 8.42 Å². The summed E-state index contributed by atoms with van der Waals surface area (Å²) in [5.41, 5.74) is 1.56. The second-order valence-corrected chi connectivity index (χ2v) is 4.48. The Labute approximate surface area is 76.3 Å². The van der Waals surface area contributed by atoms with Crippen LogP contribution < -0.4 is 5.32 Å². The molecular weight excluding hydrogens is 190 g/mol. The Hall–Kier alpha value is -0.910. The summed E-state index contributed by atoms with van der Waals surface area (Å²) >= 11 is 0. The molecule has 0 radical (unpaired) electrons. The van der Waals surface area contributed by atoms with E-state index in [1.807, 2.05) is 12.1 Å². The van der Waals surface area contributed by atoms with E-state index in [0.29, 0.717) is 12.1 Å². The van der Waals surface area contributed by atoms with Crippen LogP contribution in [-0.4, -0.2) is 13.0 Å². The van der Waals surface area contributed by atoms with Crippen molar-refractivity contribution in [2.24, 2.45) is 0 Å². The van der Waals surface area contributed by atoms with Gasteiger partial charge in [-0.15, -0.1) is 0 Å². The summed E-state index contributed by atoms with van der Waals surface area (Å²) in [6, 6.07) is 7.14. The minimum atomic E-state index is -4.03. The lowest BCUT2D eigenvalue weighted by molar-refractivity contribution is 0.459. The summed E-state index contributed by atoms with van der Waals surface area (Å²) in [5.74, 6) is 0. The average Bonchev–Trinajstić information content (AvgIpc) is 2.45. The zero-order valence-electron chi connectivity index (χ0n) is 6.77. The molecule has 70 valence electrons. The van der Waals surface area contributed by atoms with Crippen LogP contribution in [0.3, 0.4) is 0 Å². The number of rotatable bonds is 1. The molecule has 13 heavy (non-hydrogen) atoms. The second kappa shape index (κ2) is 2.80. The standard InChI is InChI=1S/C8H9NO3S/c10-13(11,12)8-7-4-2-1-3-6(7)5-9-8/h1-4,8-9H,5H2,(H,10,11,12). The Balaban J connectivity index is 2.51. The largest absolute Gasteiger partial charge is 0.291 e. The first-order valence-electron chi connectivity index (χ1n) is 3.86. The highest BCUT2D eigenvalue weighted by Crippen LogP contribution is 2.28. The molecule has 1 atom stereocenters. The number of fused-ring (bicyclic) bond motifs is 1. The molecule has 0 saturated carbocycles. The van der Waals surface area contributed by atoms with E-state index in [1.54, 1.807) is 12.1 Å². The van der Waals surface area contributed by atoms with Crippen LogP contribution in [0.2, 0.25) is 0 Å². The van der Waals surface area contributed by atoms with Crippen molar-refractivity contribution in [3.8, 4) is 0 Å². The van der Waals surface area contributed by atoms with E-state index in [0.717, 1.165) is 5.56 Å². The molecule has 1 aromatic carbocycles. The molecule has 0 aromatic heterocycles. The van der Waals surface area contributed by atoms with Gasteiger partial charge in [-0.3, -0.25) is 9.87 Å². The lowest BCUT2D eigenvalue weighted by atomic mass is 10.1. The van der Waals surface area contributed by atoms with Crippen LogP contribution in [0.4, 0.5) is 0 Å². The van der Waals surface area contributed by atoms with E-state index < -0.39 is 15.5 Å². The quantitative estimate of drug-likeness (QED) is 0.652. The Morgan fingerprint density at radius 3 is 2.77 bits per heavy atom. The number of hydrogen-bond donors (Lipinski definition) is 2. The van der Waals surface area contributed by atoms with Crippen LogP contribution in [0.15, 0.2) is 24.3 Å². The van der Waals surface area contributed by atoms with E-state index >= 15 is 0 Å². The molecule has 2 N–H and O–H groups in total. The molecule has 1 aliphatic rings. The van der Waals surface area contributed by atoms with E-state index in [4.69, 9.17) is 4.55 Å². The van der Waals surface area contributed by atoms with Crippen molar-refractivity contribution in [1.29, 1.82) is 0 Å². The van der Waals surface area contributed by atoms with E-state index in [-0.39, 0.29) is 0 Å². The predicted molar refractivity (Wildman–Crippen MR) is 47.6 cm³/mol. The highest BCUT2D eigenvalue weighted by molar-refractivity contribution is 7.86. The summed E-state index contributed by atoms with van der Waals surface area (Å²) in [6.45, 7) is 0.487. The van der Waals surface area contributed by atoms with Crippen LogP contribution in [0.1, 0.15) is 16.5 Å². The molecular formula is C8H9NO3S. The highest BCUT2D eigenvalue weighted by Gasteiger charge is 2.30. The van der Waals surface area contributed by atoms with Crippen molar-refractivity contribution in [3.63, 3.8) is 0 Å². The average molecular weight is 199 g/mol. The first-order valence-corrected chi connectivity index (χ1v) is 5.37. The topological polar surface area (TPSA) is 66.4 Å². The molecule has 2 rings (SSSR count). The van der Waals surface area contributed by atoms with Crippen LogP contribution in [-0.2, 0) is 16.7 Å². The van der Waals surface area contributed by atoms with Crippen molar-refractivity contribution in [3.05, 3.63) is 35.4 Å². The Morgan fingerprint density at radius 2 is 2.08 bits per heavy atom. The van der Waals surface area contributed by atoms with Gasteiger partial charge in [0.1, 0.15) is 0 Å². The lowest BCUT2D eigenvalue weighted by Gasteiger charge is -2.06. The van der Waals surface area contributed by atoms with E-state index in [2.05, 4.69) is 5.32 Å². The van der Waals surface area contributed by atoms with Gasteiger partial charge in [0.25, 0.3) is 10.1 Å². The number of hydrogen-bond acceptors (Lipinski definition) is 3. The maximum atomic E-state index is 10.9. The maximum absolute atomic E-state index is 10.9. The molecule has 4 nitrogen and oxygen atoms in total. The van der Waals surface area contributed by atoms with Crippen molar-refractivity contribution in [1.82, 2.24) is 5.32 Å². The minimum absolute atomic E-state index is 0.487. The Morgan fingerprint density at radius 1 is 1.38 bits per heavy atom. The number of benzene rings is 1. The normalized spacial score (nSPS) is 21.5. The first-order chi connectivity index (χ1) is 6.09. The monoisotopic (exact) mass is 199 g/mol. The van der Waals surface area contributed by atoms with Crippen LogP contribution in [0, 0.1) is 0 Å². The number of nitrogens with one attached hydrogen (secondary N) is 1. The van der Waals surface area contributed by atoms with Gasteiger partial charge in [-0.05, 0) is 11.1 Å². The third-order valence-corrected chi connectivity index (χ3v) is 3.13. The zero-order chi connectivity index (χ0) is 9.47. The molecule has 5 heteroatoms. The second-order valence-electron chi connectivity index (χ2n) is 2.97. The smallest absolute Gasteiger partial charge is 0.285 e. The van der Waals surface area contributed by atoms with Gasteiger partial charge in [-0.1, -0.05) is 24.3 Å². The zero-order valence-corrected chi connectivity index (χ0v) is 7.58. The molecule has 1 unspecified atom stereocenters.